The molecule has 0 bridgehead atoms. The lowest BCUT2D eigenvalue weighted by molar-refractivity contribution is -0.117. The number of methoxy groups -OCH3 is 1. The van der Waals surface area contributed by atoms with Gasteiger partial charge in [-0.25, -0.2) is 0 Å². The van der Waals surface area contributed by atoms with Crippen LogP contribution in [0, 0.1) is 0 Å². The molecule has 0 aliphatic carbocycles. The zero-order valence-electron chi connectivity index (χ0n) is 16.9. The van der Waals surface area contributed by atoms with Crippen LogP contribution in [0.3, 0.4) is 0 Å². The normalized spacial score (nSPS) is 13.5. The lowest BCUT2D eigenvalue weighted by Crippen LogP contribution is -2.24. The van der Waals surface area contributed by atoms with Gasteiger partial charge in [0.1, 0.15) is 5.75 Å². The fraction of sp³-hybridized carbons (Fsp3) is 0.273. The van der Waals surface area contributed by atoms with Crippen molar-refractivity contribution in [3.63, 3.8) is 0 Å². The summed E-state index contributed by atoms with van der Waals surface area (Å²) in [6.07, 6.45) is 1.85. The summed E-state index contributed by atoms with van der Waals surface area (Å²) in [6.45, 7) is 0.670. The summed E-state index contributed by atoms with van der Waals surface area (Å²) in [7, 11) is 1.54. The number of aryl methyl sites for hydroxylation is 1. The summed E-state index contributed by atoms with van der Waals surface area (Å²) in [5, 5.41) is 7.40. The summed E-state index contributed by atoms with van der Waals surface area (Å²) in [5.41, 5.74) is 2.08. The van der Waals surface area contributed by atoms with Crippen molar-refractivity contribution in [1.82, 2.24) is 10.1 Å². The van der Waals surface area contributed by atoms with E-state index >= 15 is 0 Å². The van der Waals surface area contributed by atoms with Crippen molar-refractivity contribution in [1.29, 1.82) is 0 Å². The molecule has 1 aliphatic heterocycles. The quantitative estimate of drug-likeness (QED) is 0.594. The van der Waals surface area contributed by atoms with Crippen LogP contribution in [0.5, 0.6) is 5.75 Å². The van der Waals surface area contributed by atoms with Crippen molar-refractivity contribution >= 4 is 34.8 Å². The number of aromatic nitrogens is 2. The monoisotopic (exact) mass is 440 g/mol. The molecule has 3 aromatic rings. The maximum absolute atomic E-state index is 12.4. The van der Waals surface area contributed by atoms with E-state index in [1.807, 2.05) is 0 Å². The third kappa shape index (κ3) is 4.86. The lowest BCUT2D eigenvalue weighted by Gasteiger charge is -2.19. The fourth-order valence-corrected chi connectivity index (χ4v) is 3.52. The van der Waals surface area contributed by atoms with E-state index in [0.29, 0.717) is 53.2 Å². The molecule has 1 fully saturated rings. The molecule has 8 nitrogen and oxygen atoms in total. The van der Waals surface area contributed by atoms with Crippen LogP contribution in [0.15, 0.2) is 47.0 Å². The van der Waals surface area contributed by atoms with Gasteiger partial charge in [0.25, 0.3) is 0 Å². The summed E-state index contributed by atoms with van der Waals surface area (Å²) >= 11 is 5.89. The van der Waals surface area contributed by atoms with Crippen LogP contribution in [0.4, 0.5) is 11.4 Å². The summed E-state index contributed by atoms with van der Waals surface area (Å²) in [6, 6.07) is 12.4. The molecular weight excluding hydrogens is 420 g/mol. The van der Waals surface area contributed by atoms with Crippen LogP contribution in [0.25, 0.3) is 11.4 Å². The van der Waals surface area contributed by atoms with Gasteiger partial charge in [-0.3, -0.25) is 9.59 Å². The highest BCUT2D eigenvalue weighted by Crippen LogP contribution is 2.33. The molecule has 0 saturated carbocycles. The van der Waals surface area contributed by atoms with Crippen LogP contribution >= 0.6 is 11.6 Å². The van der Waals surface area contributed by atoms with Gasteiger partial charge in [0.15, 0.2) is 0 Å². The molecule has 0 radical (unpaired) electrons. The summed E-state index contributed by atoms with van der Waals surface area (Å²) in [5.74, 6) is 1.24. The summed E-state index contributed by atoms with van der Waals surface area (Å²) in [4.78, 5) is 30.4. The zero-order chi connectivity index (χ0) is 21.8. The number of hydrogen-bond acceptors (Lipinski definition) is 6. The lowest BCUT2D eigenvalue weighted by atomic mass is 10.2. The van der Waals surface area contributed by atoms with E-state index in [4.69, 9.17) is 20.9 Å². The number of amides is 2. The van der Waals surface area contributed by atoms with E-state index in [1.165, 1.54) is 0 Å². The minimum absolute atomic E-state index is 0.0765. The molecule has 2 heterocycles. The molecule has 31 heavy (non-hydrogen) atoms. The molecule has 1 N–H and O–H groups in total. The van der Waals surface area contributed by atoms with E-state index in [-0.39, 0.29) is 18.2 Å². The molecular formula is C22H21ClN4O4. The van der Waals surface area contributed by atoms with Crippen LogP contribution in [-0.4, -0.2) is 35.6 Å². The maximum Gasteiger partial charge on any atom is 0.227 e. The first kappa shape index (κ1) is 20.9. The van der Waals surface area contributed by atoms with E-state index in [9.17, 15) is 9.59 Å². The topological polar surface area (TPSA) is 97.6 Å². The Bertz CT molecular complexity index is 1100. The minimum atomic E-state index is -0.196. The highest BCUT2D eigenvalue weighted by Gasteiger charge is 2.24. The molecule has 0 unspecified atom stereocenters. The van der Waals surface area contributed by atoms with Crippen molar-refractivity contribution in [3.05, 3.63) is 53.4 Å². The zero-order valence-corrected chi connectivity index (χ0v) is 17.7. The minimum Gasteiger partial charge on any atom is -0.494 e. The predicted octanol–water partition coefficient (Wildman–Crippen LogP) is 4.10. The average molecular weight is 441 g/mol. The number of benzene rings is 2. The second kappa shape index (κ2) is 9.18. The van der Waals surface area contributed by atoms with Crippen LogP contribution in [0.2, 0.25) is 5.02 Å². The van der Waals surface area contributed by atoms with Gasteiger partial charge < -0.3 is 19.5 Å². The van der Waals surface area contributed by atoms with Gasteiger partial charge in [-0.15, -0.1) is 0 Å². The Morgan fingerprint density at radius 1 is 1.26 bits per heavy atom. The highest BCUT2D eigenvalue weighted by atomic mass is 35.5. The van der Waals surface area contributed by atoms with Crippen molar-refractivity contribution in [2.24, 2.45) is 0 Å². The van der Waals surface area contributed by atoms with Crippen molar-refractivity contribution in [2.45, 2.75) is 25.7 Å². The van der Waals surface area contributed by atoms with Gasteiger partial charge >= 0.3 is 0 Å². The standard InChI is InChI=1S/C22H21ClN4O4/c1-30-18-13-16(8-9-17(18)27-12-2-3-21(27)29)24-19(28)10-11-20-25-22(26-31-20)14-4-6-15(23)7-5-14/h4-9,13H,2-3,10-12H2,1H3,(H,24,28). The predicted molar refractivity (Wildman–Crippen MR) is 116 cm³/mol. The van der Waals surface area contributed by atoms with Crippen LogP contribution in [0.1, 0.15) is 25.2 Å². The number of carbonyl (C=O) groups is 2. The van der Waals surface area contributed by atoms with Gasteiger partial charge in [-0.2, -0.15) is 4.98 Å². The van der Waals surface area contributed by atoms with E-state index in [0.717, 1.165) is 12.0 Å². The van der Waals surface area contributed by atoms with Gasteiger partial charge in [-0.05, 0) is 42.8 Å². The second-order valence-corrected chi connectivity index (χ2v) is 7.54. The summed E-state index contributed by atoms with van der Waals surface area (Å²) < 4.78 is 10.7. The number of nitrogens with one attached hydrogen (secondary N) is 1. The van der Waals surface area contributed by atoms with Gasteiger partial charge in [0.05, 0.1) is 12.8 Å². The number of rotatable bonds is 7. The maximum atomic E-state index is 12.4. The number of hydrogen-bond donors (Lipinski definition) is 1. The van der Waals surface area contributed by atoms with Crippen molar-refractivity contribution in [2.75, 3.05) is 23.9 Å². The molecule has 2 amide bonds. The first-order valence-electron chi connectivity index (χ1n) is 9.90. The number of halogens is 1. The number of anilines is 2. The van der Waals surface area contributed by atoms with Gasteiger partial charge in [0.2, 0.25) is 23.5 Å². The Balaban J connectivity index is 1.36. The largest absolute Gasteiger partial charge is 0.494 e. The number of ether oxygens (including phenoxy) is 1. The Morgan fingerprint density at radius 2 is 2.06 bits per heavy atom. The van der Waals surface area contributed by atoms with Gasteiger partial charge in [0, 0.05) is 48.1 Å². The van der Waals surface area contributed by atoms with E-state index in [2.05, 4.69) is 15.5 Å². The Hall–Kier alpha value is -3.39. The molecule has 160 valence electrons. The first-order chi connectivity index (χ1) is 15.0. The molecule has 2 aromatic carbocycles. The third-order valence-electron chi connectivity index (χ3n) is 4.96. The fourth-order valence-electron chi connectivity index (χ4n) is 3.40. The highest BCUT2D eigenvalue weighted by molar-refractivity contribution is 6.30. The average Bonchev–Trinajstić information content (AvgIpc) is 3.42. The Labute approximate surface area is 184 Å². The number of nitrogens with zero attached hydrogens (tertiary/aromatic N) is 3. The van der Waals surface area contributed by atoms with Gasteiger partial charge in [-0.1, -0.05) is 16.8 Å². The first-order valence-corrected chi connectivity index (χ1v) is 10.3. The number of carbonyl (C=O) groups excluding carboxylic acids is 2. The van der Waals surface area contributed by atoms with E-state index in [1.54, 1.807) is 54.5 Å². The molecule has 0 atom stereocenters. The van der Waals surface area contributed by atoms with E-state index < -0.39 is 0 Å². The Morgan fingerprint density at radius 3 is 2.77 bits per heavy atom. The molecule has 1 aliphatic rings. The second-order valence-electron chi connectivity index (χ2n) is 7.10. The third-order valence-corrected chi connectivity index (χ3v) is 5.22. The smallest absolute Gasteiger partial charge is 0.227 e. The molecule has 9 heteroatoms. The van der Waals surface area contributed by atoms with Crippen LogP contribution < -0.4 is 15.0 Å². The van der Waals surface area contributed by atoms with Crippen molar-refractivity contribution < 1.29 is 18.8 Å². The molecule has 0 spiro atoms. The van der Waals surface area contributed by atoms with Crippen molar-refractivity contribution in [3.8, 4) is 17.1 Å². The Kier molecular flexibility index (Phi) is 6.18. The SMILES string of the molecule is COc1cc(NC(=O)CCc2nc(-c3ccc(Cl)cc3)no2)ccc1N1CCCC1=O. The molecule has 1 aromatic heterocycles. The van der Waals surface area contributed by atoms with Crippen LogP contribution in [-0.2, 0) is 16.0 Å². The molecule has 1 saturated heterocycles. The molecule has 4 rings (SSSR count).